The van der Waals surface area contributed by atoms with Crippen LogP contribution in [0.15, 0.2) is 23.1 Å². The molecule has 2 aliphatic heterocycles. The van der Waals surface area contributed by atoms with Gasteiger partial charge in [-0.25, -0.2) is 8.42 Å². The molecule has 2 fully saturated rings. The first kappa shape index (κ1) is 18.9. The number of carbonyl (C=O) groups is 1. The lowest BCUT2D eigenvalue weighted by Gasteiger charge is -2.30. The van der Waals surface area contributed by atoms with Crippen molar-refractivity contribution in [3.05, 3.63) is 29.3 Å². The molecule has 0 bridgehead atoms. The average molecular weight is 393 g/mol. The second-order valence-electron chi connectivity index (χ2n) is 7.94. The summed E-state index contributed by atoms with van der Waals surface area (Å²) in [6.07, 6.45) is 5.27. The second kappa shape index (κ2) is 7.89. The largest absolute Gasteiger partial charge is 0.381 e. The van der Waals surface area contributed by atoms with Crippen LogP contribution in [0.4, 0.5) is 0 Å². The van der Waals surface area contributed by atoms with Crippen LogP contribution in [-0.2, 0) is 32.4 Å². The number of aryl methyl sites for hydroxylation is 2. The number of nitrogens with zero attached hydrogens (tertiary/aromatic N) is 1. The van der Waals surface area contributed by atoms with E-state index in [2.05, 4.69) is 5.32 Å². The van der Waals surface area contributed by atoms with E-state index in [0.717, 1.165) is 38.9 Å². The highest BCUT2D eigenvalue weighted by atomic mass is 32.2. The van der Waals surface area contributed by atoms with Gasteiger partial charge in [-0.05, 0) is 61.8 Å². The van der Waals surface area contributed by atoms with Crippen molar-refractivity contribution < 1.29 is 17.9 Å². The molecule has 4 rings (SSSR count). The van der Waals surface area contributed by atoms with Crippen molar-refractivity contribution in [2.24, 2.45) is 11.8 Å². The van der Waals surface area contributed by atoms with Crippen LogP contribution in [0.2, 0.25) is 0 Å². The van der Waals surface area contributed by atoms with Gasteiger partial charge in [-0.3, -0.25) is 4.79 Å². The van der Waals surface area contributed by atoms with Gasteiger partial charge in [0.05, 0.1) is 11.5 Å². The monoisotopic (exact) mass is 392 g/mol. The fourth-order valence-corrected chi connectivity index (χ4v) is 5.87. The molecule has 0 aromatic heterocycles. The Hall–Kier alpha value is -1.44. The molecule has 1 N–H and O–H groups in total. The molecule has 0 saturated carbocycles. The number of rotatable bonds is 5. The Bertz CT molecular complexity index is 794. The number of ether oxygens (including phenoxy) is 1. The molecule has 1 atom stereocenters. The van der Waals surface area contributed by atoms with Gasteiger partial charge in [0, 0.05) is 38.1 Å². The third-order valence-corrected chi connectivity index (χ3v) is 8.02. The summed E-state index contributed by atoms with van der Waals surface area (Å²) < 4.78 is 32.8. The summed E-state index contributed by atoms with van der Waals surface area (Å²) in [5.74, 6) is 0.365. The highest BCUT2D eigenvalue weighted by Crippen LogP contribution is 2.28. The van der Waals surface area contributed by atoms with Crippen LogP contribution >= 0.6 is 0 Å². The lowest BCUT2D eigenvalue weighted by Crippen LogP contribution is -2.43. The van der Waals surface area contributed by atoms with Crippen molar-refractivity contribution >= 4 is 15.9 Å². The molecule has 7 heteroatoms. The first-order chi connectivity index (χ1) is 13.0. The number of benzene rings is 1. The smallest absolute Gasteiger partial charge is 0.243 e. The summed E-state index contributed by atoms with van der Waals surface area (Å²) >= 11 is 0. The van der Waals surface area contributed by atoms with Crippen molar-refractivity contribution in [2.45, 2.75) is 43.4 Å². The number of fused-ring (bicyclic) bond motifs is 1. The fraction of sp³-hybridized carbons (Fsp3) is 0.650. The number of hydrogen-bond acceptors (Lipinski definition) is 4. The zero-order valence-electron chi connectivity index (χ0n) is 15.7. The summed E-state index contributed by atoms with van der Waals surface area (Å²) in [5.41, 5.74) is 2.44. The molecule has 6 nitrogen and oxygen atoms in total. The predicted molar refractivity (Wildman–Crippen MR) is 102 cm³/mol. The molecular weight excluding hydrogens is 364 g/mol. The van der Waals surface area contributed by atoms with E-state index >= 15 is 0 Å². The number of piperidine rings is 1. The summed E-state index contributed by atoms with van der Waals surface area (Å²) in [5, 5.41) is 3.02. The topological polar surface area (TPSA) is 75.7 Å². The molecule has 1 aromatic rings. The summed E-state index contributed by atoms with van der Waals surface area (Å²) in [6, 6.07) is 5.55. The van der Waals surface area contributed by atoms with Crippen LogP contribution in [0.1, 0.15) is 36.8 Å². The van der Waals surface area contributed by atoms with E-state index in [9.17, 15) is 13.2 Å². The summed E-state index contributed by atoms with van der Waals surface area (Å²) in [7, 11) is -3.47. The third kappa shape index (κ3) is 4.05. The normalized spacial score (nSPS) is 24.1. The SMILES string of the molecule is O=C(NCC1CCOC1)C1CCN(S(=O)(=O)c2ccc3c(c2)CCC3)CC1. The quantitative estimate of drug-likeness (QED) is 0.828. The van der Waals surface area contributed by atoms with Gasteiger partial charge in [0.2, 0.25) is 15.9 Å². The van der Waals surface area contributed by atoms with E-state index in [-0.39, 0.29) is 11.8 Å². The number of sulfonamides is 1. The zero-order chi connectivity index (χ0) is 18.9. The Balaban J connectivity index is 1.33. The Morgan fingerprint density at radius 1 is 1.15 bits per heavy atom. The molecule has 0 radical (unpaired) electrons. The molecular formula is C20H28N2O4S. The molecule has 1 aliphatic carbocycles. The molecule has 148 valence electrons. The molecule has 1 unspecified atom stereocenters. The van der Waals surface area contributed by atoms with Crippen molar-refractivity contribution in [2.75, 3.05) is 32.8 Å². The fourth-order valence-electron chi connectivity index (χ4n) is 4.35. The number of amides is 1. The molecule has 3 aliphatic rings. The Morgan fingerprint density at radius 2 is 1.93 bits per heavy atom. The zero-order valence-corrected chi connectivity index (χ0v) is 16.5. The maximum atomic E-state index is 13.0. The third-order valence-electron chi connectivity index (χ3n) is 6.12. The average Bonchev–Trinajstić information content (AvgIpc) is 3.37. The van der Waals surface area contributed by atoms with Crippen molar-refractivity contribution in [3.8, 4) is 0 Å². The molecule has 1 aromatic carbocycles. The van der Waals surface area contributed by atoms with Gasteiger partial charge in [0.1, 0.15) is 0 Å². The first-order valence-corrected chi connectivity index (χ1v) is 11.5. The van der Waals surface area contributed by atoms with Gasteiger partial charge in [-0.2, -0.15) is 4.31 Å². The van der Waals surface area contributed by atoms with Crippen molar-refractivity contribution in [1.29, 1.82) is 0 Å². The maximum Gasteiger partial charge on any atom is 0.243 e. The van der Waals surface area contributed by atoms with E-state index in [1.807, 2.05) is 12.1 Å². The maximum absolute atomic E-state index is 13.0. The minimum absolute atomic E-state index is 0.0523. The van der Waals surface area contributed by atoms with Crippen molar-refractivity contribution in [1.82, 2.24) is 9.62 Å². The number of carbonyl (C=O) groups excluding carboxylic acids is 1. The van der Waals surface area contributed by atoms with E-state index in [1.165, 1.54) is 15.4 Å². The Labute approximate surface area is 161 Å². The molecule has 2 saturated heterocycles. The van der Waals surface area contributed by atoms with E-state index < -0.39 is 10.0 Å². The Kier molecular flexibility index (Phi) is 5.53. The molecule has 27 heavy (non-hydrogen) atoms. The first-order valence-electron chi connectivity index (χ1n) is 10.0. The van der Waals surface area contributed by atoms with Crippen LogP contribution in [-0.4, -0.2) is 51.5 Å². The lowest BCUT2D eigenvalue weighted by molar-refractivity contribution is -0.126. The van der Waals surface area contributed by atoms with Gasteiger partial charge < -0.3 is 10.1 Å². The molecule has 1 amide bonds. The molecule has 0 spiro atoms. The highest BCUT2D eigenvalue weighted by molar-refractivity contribution is 7.89. The minimum Gasteiger partial charge on any atom is -0.381 e. The summed E-state index contributed by atoms with van der Waals surface area (Å²) in [4.78, 5) is 12.8. The van der Waals surface area contributed by atoms with Crippen LogP contribution < -0.4 is 5.32 Å². The standard InChI is InChI=1S/C20H28N2O4S/c23-20(21-13-15-8-11-26-14-15)17-6-9-22(10-7-17)27(24,25)19-5-4-16-2-1-3-18(16)12-19/h4-5,12,15,17H,1-3,6-11,13-14H2,(H,21,23). The predicted octanol–water partition coefficient (Wildman–Crippen LogP) is 1.73. The van der Waals surface area contributed by atoms with Crippen molar-refractivity contribution in [3.63, 3.8) is 0 Å². The minimum atomic E-state index is -3.47. The number of hydrogen-bond donors (Lipinski definition) is 1. The van der Waals surface area contributed by atoms with E-state index in [0.29, 0.717) is 43.3 Å². The van der Waals surface area contributed by atoms with E-state index in [4.69, 9.17) is 4.74 Å². The van der Waals surface area contributed by atoms with Gasteiger partial charge in [0.15, 0.2) is 0 Å². The van der Waals surface area contributed by atoms with Crippen LogP contribution in [0.25, 0.3) is 0 Å². The lowest BCUT2D eigenvalue weighted by atomic mass is 9.97. The van der Waals surface area contributed by atoms with Gasteiger partial charge in [-0.15, -0.1) is 0 Å². The second-order valence-corrected chi connectivity index (χ2v) is 9.88. The van der Waals surface area contributed by atoms with Crippen LogP contribution in [0.5, 0.6) is 0 Å². The van der Waals surface area contributed by atoms with E-state index in [1.54, 1.807) is 6.07 Å². The highest BCUT2D eigenvalue weighted by Gasteiger charge is 2.32. The van der Waals surface area contributed by atoms with Crippen LogP contribution in [0, 0.1) is 11.8 Å². The summed E-state index contributed by atoms with van der Waals surface area (Å²) in [6.45, 7) is 2.97. The Morgan fingerprint density at radius 3 is 2.67 bits per heavy atom. The van der Waals surface area contributed by atoms with Gasteiger partial charge in [0.25, 0.3) is 0 Å². The van der Waals surface area contributed by atoms with Crippen LogP contribution in [0.3, 0.4) is 0 Å². The van der Waals surface area contributed by atoms with Gasteiger partial charge >= 0.3 is 0 Å². The molecule has 2 heterocycles. The number of nitrogens with one attached hydrogen (secondary N) is 1. The van der Waals surface area contributed by atoms with Gasteiger partial charge in [-0.1, -0.05) is 6.07 Å².